The second-order valence-corrected chi connectivity index (χ2v) is 8.51. The van der Waals surface area contributed by atoms with Crippen LogP contribution in [0.2, 0.25) is 0 Å². The Hall–Kier alpha value is -3.39. The highest BCUT2D eigenvalue weighted by molar-refractivity contribution is 7.92. The molecule has 0 saturated carbocycles. The Kier molecular flexibility index (Phi) is 4.71. The lowest BCUT2D eigenvalue weighted by atomic mass is 10.1. The van der Waals surface area contributed by atoms with Gasteiger partial charge in [0.1, 0.15) is 23.5 Å². The fraction of sp³-hybridized carbons (Fsp3) is 0.0952. The van der Waals surface area contributed by atoms with Gasteiger partial charge >= 0.3 is 0 Å². The Morgan fingerprint density at radius 3 is 2.41 bits per heavy atom. The number of hydrogen-bond acceptors (Lipinski definition) is 4. The van der Waals surface area contributed by atoms with E-state index >= 15 is 0 Å². The zero-order valence-electron chi connectivity index (χ0n) is 15.4. The van der Waals surface area contributed by atoms with E-state index in [0.717, 1.165) is 39.0 Å². The molecule has 0 saturated heterocycles. The third kappa shape index (κ3) is 3.93. The molecule has 1 heterocycles. The fourth-order valence-corrected chi connectivity index (χ4v) is 4.00. The van der Waals surface area contributed by atoms with Crippen molar-refractivity contribution in [1.29, 1.82) is 0 Å². The molecule has 0 aliphatic rings. The molecule has 1 N–H and O–H groups in total. The van der Waals surface area contributed by atoms with E-state index in [1.807, 2.05) is 30.3 Å². The van der Waals surface area contributed by atoms with Gasteiger partial charge in [-0.1, -0.05) is 18.2 Å². The summed E-state index contributed by atoms with van der Waals surface area (Å²) < 4.78 is 44.1. The number of rotatable bonds is 5. The maximum atomic E-state index is 13.1. The van der Waals surface area contributed by atoms with Gasteiger partial charge < -0.3 is 9.73 Å². The number of carbonyl (C=O) groups excluding carboxylic acids is 1. The number of furan rings is 1. The van der Waals surface area contributed by atoms with Gasteiger partial charge in [0.25, 0.3) is 0 Å². The molecule has 0 atom stereocenters. The molecule has 6 nitrogen and oxygen atoms in total. The summed E-state index contributed by atoms with van der Waals surface area (Å²) in [4.78, 5) is 12.5. The molecule has 1 aromatic heterocycles. The highest BCUT2D eigenvalue weighted by Crippen LogP contribution is 2.30. The molecule has 1 amide bonds. The van der Waals surface area contributed by atoms with Crippen molar-refractivity contribution < 1.29 is 22.0 Å². The van der Waals surface area contributed by atoms with Gasteiger partial charge in [-0.3, -0.25) is 9.10 Å². The molecule has 8 heteroatoms. The van der Waals surface area contributed by atoms with E-state index < -0.39 is 28.3 Å². The molecule has 0 fully saturated rings. The SMILES string of the molecule is CS(=O)(=O)N(CC(=O)Nc1ccc2c(c1)oc1ccccc12)c1ccc(F)cc1. The minimum Gasteiger partial charge on any atom is -0.456 e. The lowest BCUT2D eigenvalue weighted by Gasteiger charge is -2.21. The maximum absolute atomic E-state index is 13.1. The van der Waals surface area contributed by atoms with Crippen LogP contribution in [0.5, 0.6) is 0 Å². The number of amides is 1. The molecule has 29 heavy (non-hydrogen) atoms. The highest BCUT2D eigenvalue weighted by Gasteiger charge is 2.21. The quantitative estimate of drug-likeness (QED) is 0.535. The first-order chi connectivity index (χ1) is 13.8. The first-order valence-corrected chi connectivity index (χ1v) is 10.6. The maximum Gasteiger partial charge on any atom is 0.245 e. The van der Waals surface area contributed by atoms with Crippen molar-refractivity contribution in [1.82, 2.24) is 0 Å². The van der Waals surface area contributed by atoms with Crippen LogP contribution < -0.4 is 9.62 Å². The Bertz CT molecular complexity index is 1310. The lowest BCUT2D eigenvalue weighted by molar-refractivity contribution is -0.114. The number of sulfonamides is 1. The van der Waals surface area contributed by atoms with Crippen molar-refractivity contribution in [3.63, 3.8) is 0 Å². The average molecular weight is 412 g/mol. The van der Waals surface area contributed by atoms with Crippen molar-refractivity contribution in [2.45, 2.75) is 0 Å². The molecule has 3 aromatic carbocycles. The van der Waals surface area contributed by atoms with Gasteiger partial charge in [0.05, 0.1) is 11.9 Å². The van der Waals surface area contributed by atoms with E-state index in [1.165, 1.54) is 12.1 Å². The summed E-state index contributed by atoms with van der Waals surface area (Å²) in [7, 11) is -3.74. The smallest absolute Gasteiger partial charge is 0.245 e. The summed E-state index contributed by atoms with van der Waals surface area (Å²) >= 11 is 0. The molecule has 0 unspecified atom stereocenters. The van der Waals surface area contributed by atoms with E-state index in [2.05, 4.69) is 5.32 Å². The molecular weight excluding hydrogens is 395 g/mol. The monoisotopic (exact) mass is 412 g/mol. The Morgan fingerprint density at radius 1 is 1.00 bits per heavy atom. The van der Waals surface area contributed by atoms with E-state index in [-0.39, 0.29) is 5.69 Å². The fourth-order valence-electron chi connectivity index (χ4n) is 3.14. The highest BCUT2D eigenvalue weighted by atomic mass is 32.2. The Balaban J connectivity index is 1.57. The summed E-state index contributed by atoms with van der Waals surface area (Å²) in [5.74, 6) is -1.03. The number of hydrogen-bond donors (Lipinski definition) is 1. The standard InChI is InChI=1S/C21H17FN2O4S/c1-29(26,27)24(16-9-6-14(22)7-10-16)13-21(25)23-15-8-11-18-17-4-2-3-5-19(17)28-20(18)12-15/h2-12H,13H2,1H3,(H,23,25). The Labute approximate surface area is 166 Å². The van der Waals surface area contributed by atoms with Crippen LogP contribution >= 0.6 is 0 Å². The molecule has 0 aliphatic carbocycles. The van der Waals surface area contributed by atoms with Gasteiger partial charge in [0, 0.05) is 22.5 Å². The number of halogens is 1. The summed E-state index contributed by atoms with van der Waals surface area (Å²) in [5, 5.41) is 4.57. The van der Waals surface area contributed by atoms with E-state index in [9.17, 15) is 17.6 Å². The number of nitrogens with one attached hydrogen (secondary N) is 1. The van der Waals surface area contributed by atoms with Crippen LogP contribution in [0.25, 0.3) is 21.9 Å². The van der Waals surface area contributed by atoms with Gasteiger partial charge in [0.2, 0.25) is 15.9 Å². The largest absolute Gasteiger partial charge is 0.456 e. The average Bonchev–Trinajstić information content (AvgIpc) is 3.04. The summed E-state index contributed by atoms with van der Waals surface area (Å²) in [6, 6.07) is 17.8. The number of benzene rings is 3. The van der Waals surface area contributed by atoms with E-state index in [4.69, 9.17) is 4.42 Å². The number of carbonyl (C=O) groups is 1. The van der Waals surface area contributed by atoms with Crippen LogP contribution in [-0.4, -0.2) is 27.1 Å². The van der Waals surface area contributed by atoms with Gasteiger partial charge in [-0.25, -0.2) is 12.8 Å². The van der Waals surface area contributed by atoms with Gasteiger partial charge in [-0.15, -0.1) is 0 Å². The first kappa shape index (κ1) is 18.9. The van der Waals surface area contributed by atoms with Crippen molar-refractivity contribution >= 4 is 49.2 Å². The first-order valence-electron chi connectivity index (χ1n) is 8.76. The van der Waals surface area contributed by atoms with Crippen LogP contribution in [0.1, 0.15) is 0 Å². The number of anilines is 2. The van der Waals surface area contributed by atoms with Gasteiger partial charge in [-0.2, -0.15) is 0 Å². The topological polar surface area (TPSA) is 79.6 Å². The van der Waals surface area contributed by atoms with Crippen molar-refractivity contribution in [3.8, 4) is 0 Å². The van der Waals surface area contributed by atoms with Crippen LogP contribution in [0.15, 0.2) is 71.1 Å². The summed E-state index contributed by atoms with van der Waals surface area (Å²) in [5.41, 5.74) is 2.04. The molecule has 4 aromatic rings. The predicted molar refractivity (Wildman–Crippen MR) is 111 cm³/mol. The molecule has 148 valence electrons. The van der Waals surface area contributed by atoms with Crippen molar-refractivity contribution in [2.24, 2.45) is 0 Å². The van der Waals surface area contributed by atoms with Crippen molar-refractivity contribution in [2.75, 3.05) is 22.4 Å². The third-order valence-corrected chi connectivity index (χ3v) is 5.61. The number of nitrogens with zero attached hydrogens (tertiary/aromatic N) is 1. The van der Waals surface area contributed by atoms with Crippen LogP contribution in [0.3, 0.4) is 0 Å². The van der Waals surface area contributed by atoms with E-state index in [1.54, 1.807) is 12.1 Å². The molecule has 0 spiro atoms. The zero-order valence-corrected chi connectivity index (χ0v) is 16.2. The molecule has 0 bridgehead atoms. The Morgan fingerprint density at radius 2 is 1.69 bits per heavy atom. The van der Waals surface area contributed by atoms with Gasteiger partial charge in [0.15, 0.2) is 0 Å². The van der Waals surface area contributed by atoms with Crippen LogP contribution in [0, 0.1) is 5.82 Å². The summed E-state index contributed by atoms with van der Waals surface area (Å²) in [6.07, 6.45) is 0.990. The second-order valence-electron chi connectivity index (χ2n) is 6.60. The molecule has 0 radical (unpaired) electrons. The van der Waals surface area contributed by atoms with Crippen LogP contribution in [-0.2, 0) is 14.8 Å². The molecule has 0 aliphatic heterocycles. The van der Waals surface area contributed by atoms with Crippen LogP contribution in [0.4, 0.5) is 15.8 Å². The summed E-state index contributed by atoms with van der Waals surface area (Å²) in [6.45, 7) is -0.442. The number of para-hydroxylation sites is 1. The molecule has 4 rings (SSSR count). The normalized spacial score (nSPS) is 11.7. The zero-order chi connectivity index (χ0) is 20.6. The van der Waals surface area contributed by atoms with E-state index in [0.29, 0.717) is 11.3 Å². The minimum atomic E-state index is -3.74. The second kappa shape index (κ2) is 7.21. The number of fused-ring (bicyclic) bond motifs is 3. The minimum absolute atomic E-state index is 0.205. The predicted octanol–water partition coefficient (Wildman–Crippen LogP) is 4.13. The van der Waals surface area contributed by atoms with Crippen molar-refractivity contribution in [3.05, 3.63) is 72.5 Å². The van der Waals surface area contributed by atoms with Gasteiger partial charge in [-0.05, 0) is 42.5 Å². The molecular formula is C21H17FN2O4S. The lowest BCUT2D eigenvalue weighted by Crippen LogP contribution is -2.37. The third-order valence-electron chi connectivity index (χ3n) is 4.46.